The second-order valence-corrected chi connectivity index (χ2v) is 2.73. The summed E-state index contributed by atoms with van der Waals surface area (Å²) in [6.07, 6.45) is 2.11. The van der Waals surface area contributed by atoms with E-state index in [4.69, 9.17) is 0 Å². The van der Waals surface area contributed by atoms with Crippen LogP contribution in [-0.2, 0) is 46.5 Å². The van der Waals surface area contributed by atoms with Crippen LogP contribution in [0.4, 0.5) is 0 Å². The van der Waals surface area contributed by atoms with Crippen molar-refractivity contribution in [2.45, 2.75) is 27.7 Å². The molecule has 0 aromatic heterocycles. The van der Waals surface area contributed by atoms with Crippen molar-refractivity contribution in [2.75, 3.05) is 0 Å². The van der Waals surface area contributed by atoms with Gasteiger partial charge in [0.15, 0.2) is 0 Å². The van der Waals surface area contributed by atoms with Crippen LogP contribution in [0, 0.1) is 12.8 Å². The van der Waals surface area contributed by atoms with Crippen LogP contribution in [0.3, 0.4) is 0 Å². The topological polar surface area (TPSA) is 99.8 Å². The van der Waals surface area contributed by atoms with E-state index in [9.17, 15) is 19.2 Å². The molecule has 0 unspecified atom stereocenters. The molecule has 0 saturated heterocycles. The summed E-state index contributed by atoms with van der Waals surface area (Å²) in [4.78, 5) is 39.9. The SMILES string of the molecule is CC(=O)[CH-]C(C)=O.CC(=O)[CH-]C(C)=O.O.[Cd+2]. The van der Waals surface area contributed by atoms with Gasteiger partial charge in [0.1, 0.15) is 0 Å². The predicted molar refractivity (Wildman–Crippen MR) is 54.9 cm³/mol. The van der Waals surface area contributed by atoms with E-state index in [0.29, 0.717) is 0 Å². The fourth-order valence-corrected chi connectivity index (χ4v) is 0.572. The predicted octanol–water partition coefficient (Wildman–Crippen LogP) is -0.0898. The molecular formula is C10H16CdO5. The third kappa shape index (κ3) is 37.8. The number of Topliss-reactive ketones (excluding diaryl/α,β-unsaturated/α-hetero) is 4. The first-order valence-corrected chi connectivity index (χ1v) is 3.97. The quantitative estimate of drug-likeness (QED) is 0.409. The maximum absolute atomic E-state index is 9.98. The monoisotopic (exact) mass is 330 g/mol. The Bertz CT molecular complexity index is 198. The maximum Gasteiger partial charge on any atom is 2.00 e. The molecule has 0 aliphatic heterocycles. The molecule has 0 rings (SSSR count). The van der Waals surface area contributed by atoms with Gasteiger partial charge in [-0.15, -0.1) is 0 Å². The van der Waals surface area contributed by atoms with Gasteiger partial charge in [-0.2, -0.15) is 0 Å². The van der Waals surface area contributed by atoms with Crippen LogP contribution in [0.15, 0.2) is 0 Å². The van der Waals surface area contributed by atoms with Crippen molar-refractivity contribution in [3.05, 3.63) is 12.8 Å². The second kappa shape index (κ2) is 14.3. The molecule has 6 heteroatoms. The van der Waals surface area contributed by atoms with E-state index in [0.717, 1.165) is 12.8 Å². The van der Waals surface area contributed by atoms with Gasteiger partial charge in [0.25, 0.3) is 0 Å². The molecule has 0 amide bonds. The Hall–Kier alpha value is -0.698. The summed E-state index contributed by atoms with van der Waals surface area (Å²) in [6, 6.07) is 0. The average molecular weight is 329 g/mol. The van der Waals surface area contributed by atoms with Crippen molar-refractivity contribution >= 4 is 23.1 Å². The molecule has 2 N–H and O–H groups in total. The summed E-state index contributed by atoms with van der Waals surface area (Å²) in [6.45, 7) is 5.39. The Morgan fingerprint density at radius 2 is 0.750 bits per heavy atom. The minimum atomic E-state index is -0.187. The van der Waals surface area contributed by atoms with Crippen LogP contribution in [0.2, 0.25) is 0 Å². The zero-order valence-corrected chi connectivity index (χ0v) is 14.0. The Kier molecular flexibility index (Phi) is 21.9. The zero-order valence-electron chi connectivity index (χ0n) is 9.99. The smallest absolute Gasteiger partial charge is 0.412 e. The minimum Gasteiger partial charge on any atom is -0.412 e. The minimum absolute atomic E-state index is 0. The van der Waals surface area contributed by atoms with Gasteiger partial charge in [0.05, 0.1) is 0 Å². The van der Waals surface area contributed by atoms with Crippen LogP contribution < -0.4 is 0 Å². The summed E-state index contributed by atoms with van der Waals surface area (Å²) >= 11 is 0. The van der Waals surface area contributed by atoms with Gasteiger partial charge in [-0.05, 0) is 27.7 Å². The summed E-state index contributed by atoms with van der Waals surface area (Å²) in [5.74, 6) is -0.750. The fourth-order valence-electron chi connectivity index (χ4n) is 0.572. The van der Waals surface area contributed by atoms with Gasteiger partial charge < -0.3 is 24.7 Å². The summed E-state index contributed by atoms with van der Waals surface area (Å²) < 4.78 is 0. The molecule has 16 heavy (non-hydrogen) atoms. The fraction of sp³-hybridized carbons (Fsp3) is 0.400. The molecule has 0 aromatic rings. The summed E-state index contributed by atoms with van der Waals surface area (Å²) in [5.41, 5.74) is 0. The first-order valence-electron chi connectivity index (χ1n) is 3.97. The zero-order chi connectivity index (χ0) is 11.7. The van der Waals surface area contributed by atoms with Crippen LogP contribution in [0.1, 0.15) is 27.7 Å². The van der Waals surface area contributed by atoms with Crippen LogP contribution in [-0.4, -0.2) is 28.6 Å². The van der Waals surface area contributed by atoms with Gasteiger partial charge in [0, 0.05) is 23.1 Å². The number of carbonyl (C=O) groups is 4. The van der Waals surface area contributed by atoms with E-state index in [1.54, 1.807) is 0 Å². The molecule has 88 valence electrons. The van der Waals surface area contributed by atoms with Gasteiger partial charge >= 0.3 is 27.3 Å². The van der Waals surface area contributed by atoms with Crippen molar-refractivity contribution in [1.82, 2.24) is 0 Å². The molecule has 0 aliphatic rings. The average Bonchev–Trinajstić information content (AvgIpc) is 1.79. The summed E-state index contributed by atoms with van der Waals surface area (Å²) in [5, 5.41) is 0. The Morgan fingerprint density at radius 3 is 0.750 bits per heavy atom. The van der Waals surface area contributed by atoms with Gasteiger partial charge in [0.2, 0.25) is 0 Å². The number of hydrogen-bond acceptors (Lipinski definition) is 4. The molecule has 0 radical (unpaired) electrons. The van der Waals surface area contributed by atoms with E-state index in [-0.39, 0.29) is 55.9 Å². The van der Waals surface area contributed by atoms with Gasteiger partial charge in [-0.25, -0.2) is 0 Å². The van der Waals surface area contributed by atoms with Crippen molar-refractivity contribution in [3.63, 3.8) is 0 Å². The van der Waals surface area contributed by atoms with Crippen LogP contribution in [0.5, 0.6) is 0 Å². The first kappa shape index (κ1) is 24.5. The van der Waals surface area contributed by atoms with Crippen molar-refractivity contribution < 1.29 is 52.0 Å². The van der Waals surface area contributed by atoms with Crippen molar-refractivity contribution in [1.29, 1.82) is 0 Å². The molecule has 0 aromatic carbocycles. The maximum atomic E-state index is 9.98. The van der Waals surface area contributed by atoms with Crippen molar-refractivity contribution in [3.8, 4) is 0 Å². The molecule has 0 heterocycles. The summed E-state index contributed by atoms with van der Waals surface area (Å²) in [7, 11) is 0. The Morgan fingerprint density at radius 1 is 0.625 bits per heavy atom. The van der Waals surface area contributed by atoms with Crippen LogP contribution >= 0.6 is 0 Å². The molecule has 5 nitrogen and oxygen atoms in total. The largest absolute Gasteiger partial charge is 2.00 e. The molecule has 0 spiro atoms. The number of carbonyl (C=O) groups excluding carboxylic acids is 4. The second-order valence-electron chi connectivity index (χ2n) is 2.73. The van der Waals surface area contributed by atoms with Crippen molar-refractivity contribution in [2.24, 2.45) is 0 Å². The van der Waals surface area contributed by atoms with E-state index in [1.165, 1.54) is 27.7 Å². The normalized spacial score (nSPS) is 6.75. The Balaban J connectivity index is -0.0000000800. The number of ketones is 4. The van der Waals surface area contributed by atoms with E-state index < -0.39 is 0 Å². The number of rotatable bonds is 4. The molecule has 0 atom stereocenters. The van der Waals surface area contributed by atoms with E-state index in [1.807, 2.05) is 0 Å². The van der Waals surface area contributed by atoms with E-state index >= 15 is 0 Å². The Labute approximate surface area is 115 Å². The molecule has 0 saturated carbocycles. The third-order valence-corrected chi connectivity index (χ3v) is 0.813. The van der Waals surface area contributed by atoms with Gasteiger partial charge in [-0.1, -0.05) is 0 Å². The van der Waals surface area contributed by atoms with Gasteiger partial charge in [-0.3, -0.25) is 12.8 Å². The standard InChI is InChI=1S/2C5H7O2.Cd.H2O/c2*1-4(6)3-5(2)7;;/h2*3H,1-2H3;;1H2/q2*-1;+2;. The number of hydrogen-bond donors (Lipinski definition) is 0. The molecule has 0 aliphatic carbocycles. The first-order chi connectivity index (χ1) is 6.25. The van der Waals surface area contributed by atoms with Crippen LogP contribution in [0.25, 0.3) is 0 Å². The van der Waals surface area contributed by atoms with E-state index in [2.05, 4.69) is 0 Å². The molecular weight excluding hydrogens is 313 g/mol. The molecule has 0 fully saturated rings. The molecule has 0 bridgehead atoms. The third-order valence-electron chi connectivity index (χ3n) is 0.813.